The minimum absolute atomic E-state index is 0.104. The van der Waals surface area contributed by atoms with Crippen molar-refractivity contribution in [3.63, 3.8) is 0 Å². The van der Waals surface area contributed by atoms with Gasteiger partial charge in [0.1, 0.15) is 6.10 Å². The zero-order chi connectivity index (χ0) is 18.6. The molecule has 0 radical (unpaired) electrons. The first kappa shape index (κ1) is 17.4. The van der Waals surface area contributed by atoms with Crippen molar-refractivity contribution in [3.05, 3.63) is 17.5 Å². The molecule has 5 fully saturated rings. The number of nitrogens with one attached hydrogen (secondary N) is 2. The van der Waals surface area contributed by atoms with Gasteiger partial charge in [0.05, 0.1) is 16.9 Å². The topological polar surface area (TPSA) is 96.4 Å². The van der Waals surface area contributed by atoms with Crippen molar-refractivity contribution in [1.82, 2.24) is 15.3 Å². The number of hydrogen-bond acceptors (Lipinski definition) is 6. The molecule has 7 heteroatoms. The van der Waals surface area contributed by atoms with E-state index < -0.39 is 5.60 Å². The lowest BCUT2D eigenvalue weighted by Gasteiger charge is -2.58. The lowest BCUT2D eigenvalue weighted by atomic mass is 9.52. The normalized spacial score (nSPS) is 39.6. The molecule has 27 heavy (non-hydrogen) atoms. The second-order valence-corrected chi connectivity index (χ2v) is 8.94. The molecule has 3 N–H and O–H groups in total. The summed E-state index contributed by atoms with van der Waals surface area (Å²) < 4.78 is 5.80. The Bertz CT molecular complexity index is 733. The van der Waals surface area contributed by atoms with Gasteiger partial charge in [0.15, 0.2) is 0 Å². The number of carbonyl (C=O) groups is 1. The van der Waals surface area contributed by atoms with Crippen LogP contribution < -0.4 is 10.6 Å². The molecule has 1 aromatic rings. The molecule has 1 saturated heterocycles. The maximum atomic E-state index is 13.2. The van der Waals surface area contributed by atoms with Gasteiger partial charge in [-0.05, 0) is 62.7 Å². The SMILES string of the molecule is CNc1ncc(C(=O)NC2C3CC4CC2CC(O)(C4)C3)c([C@H]2CCCO2)n1. The lowest BCUT2D eigenvalue weighted by Crippen LogP contribution is -2.61. The van der Waals surface area contributed by atoms with E-state index in [1.165, 1.54) is 0 Å². The van der Waals surface area contributed by atoms with E-state index in [1.54, 1.807) is 13.2 Å². The summed E-state index contributed by atoms with van der Waals surface area (Å²) in [5.41, 5.74) is 0.721. The number of ether oxygens (including phenoxy) is 1. The van der Waals surface area contributed by atoms with Crippen molar-refractivity contribution in [3.8, 4) is 0 Å². The molecule has 4 saturated carbocycles. The summed E-state index contributed by atoms with van der Waals surface area (Å²) >= 11 is 0. The second-order valence-electron chi connectivity index (χ2n) is 8.94. The molecule has 3 atom stereocenters. The van der Waals surface area contributed by atoms with Crippen LogP contribution in [0.2, 0.25) is 0 Å². The van der Waals surface area contributed by atoms with Crippen LogP contribution in [0.3, 0.4) is 0 Å². The van der Waals surface area contributed by atoms with Crippen molar-refractivity contribution >= 4 is 11.9 Å². The van der Waals surface area contributed by atoms with Crippen molar-refractivity contribution < 1.29 is 14.6 Å². The fraction of sp³-hybridized carbons (Fsp3) is 0.750. The van der Waals surface area contributed by atoms with E-state index in [2.05, 4.69) is 20.6 Å². The Kier molecular flexibility index (Phi) is 4.13. The van der Waals surface area contributed by atoms with Crippen LogP contribution in [0.1, 0.15) is 67.1 Å². The quantitative estimate of drug-likeness (QED) is 0.748. The first-order valence-electron chi connectivity index (χ1n) is 10.2. The number of aromatic nitrogens is 2. The van der Waals surface area contributed by atoms with Crippen LogP contribution in [0, 0.1) is 17.8 Å². The Morgan fingerprint density at radius 3 is 2.70 bits per heavy atom. The third-order valence-corrected chi connectivity index (χ3v) is 7.06. The Morgan fingerprint density at radius 2 is 2.07 bits per heavy atom. The predicted octanol–water partition coefficient (Wildman–Crippen LogP) is 2.04. The van der Waals surface area contributed by atoms with E-state index in [0.29, 0.717) is 41.6 Å². The summed E-state index contributed by atoms with van der Waals surface area (Å²) in [6.45, 7) is 0.706. The summed E-state index contributed by atoms with van der Waals surface area (Å²) in [5.74, 6) is 1.80. The highest BCUT2D eigenvalue weighted by Crippen LogP contribution is 2.55. The summed E-state index contributed by atoms with van der Waals surface area (Å²) in [6.07, 6.45) is 8.17. The predicted molar refractivity (Wildman–Crippen MR) is 99.3 cm³/mol. The average molecular weight is 372 g/mol. The highest BCUT2D eigenvalue weighted by molar-refractivity contribution is 5.95. The molecule has 1 aliphatic heterocycles. The molecule has 2 unspecified atom stereocenters. The maximum absolute atomic E-state index is 13.2. The van der Waals surface area contributed by atoms with Gasteiger partial charge in [-0.3, -0.25) is 4.79 Å². The number of amides is 1. The van der Waals surface area contributed by atoms with E-state index in [4.69, 9.17) is 4.74 Å². The van der Waals surface area contributed by atoms with Crippen LogP contribution in [-0.4, -0.2) is 46.3 Å². The molecule has 7 nitrogen and oxygen atoms in total. The van der Waals surface area contributed by atoms with Crippen molar-refractivity contribution in [2.24, 2.45) is 17.8 Å². The van der Waals surface area contributed by atoms with Crippen LogP contribution in [0.4, 0.5) is 5.95 Å². The summed E-state index contributed by atoms with van der Waals surface area (Å²) in [5, 5.41) is 17.0. The monoisotopic (exact) mass is 372 g/mol. The van der Waals surface area contributed by atoms with Crippen molar-refractivity contribution in [1.29, 1.82) is 0 Å². The molecule has 146 valence electrons. The molecule has 4 aliphatic carbocycles. The highest BCUT2D eigenvalue weighted by Gasteiger charge is 2.55. The number of anilines is 1. The fourth-order valence-electron chi connectivity index (χ4n) is 6.18. The number of aliphatic hydroxyl groups is 1. The van der Waals surface area contributed by atoms with Crippen LogP contribution in [0.25, 0.3) is 0 Å². The number of hydrogen-bond donors (Lipinski definition) is 3. The van der Waals surface area contributed by atoms with E-state index in [-0.39, 0.29) is 18.1 Å². The van der Waals surface area contributed by atoms with Gasteiger partial charge in [-0.1, -0.05) is 0 Å². The van der Waals surface area contributed by atoms with Gasteiger partial charge in [0.2, 0.25) is 5.95 Å². The smallest absolute Gasteiger partial charge is 0.255 e. The number of rotatable bonds is 4. The molecular weight excluding hydrogens is 344 g/mol. The Morgan fingerprint density at radius 1 is 1.30 bits per heavy atom. The van der Waals surface area contributed by atoms with Crippen LogP contribution in [-0.2, 0) is 4.74 Å². The highest BCUT2D eigenvalue weighted by atomic mass is 16.5. The van der Waals surface area contributed by atoms with Gasteiger partial charge >= 0.3 is 0 Å². The van der Waals surface area contributed by atoms with E-state index in [9.17, 15) is 9.90 Å². The third-order valence-electron chi connectivity index (χ3n) is 7.06. The van der Waals surface area contributed by atoms with Gasteiger partial charge in [-0.2, -0.15) is 0 Å². The van der Waals surface area contributed by atoms with E-state index in [0.717, 1.165) is 44.9 Å². The first-order valence-corrected chi connectivity index (χ1v) is 10.2. The van der Waals surface area contributed by atoms with E-state index in [1.807, 2.05) is 0 Å². The molecule has 6 rings (SSSR count). The van der Waals surface area contributed by atoms with Crippen LogP contribution in [0.15, 0.2) is 6.20 Å². The summed E-state index contributed by atoms with van der Waals surface area (Å²) in [6, 6.07) is 0.149. The molecule has 2 heterocycles. The number of carbonyl (C=O) groups excluding carboxylic acids is 1. The minimum atomic E-state index is -0.488. The molecule has 1 aromatic heterocycles. The fourth-order valence-corrected chi connectivity index (χ4v) is 6.18. The number of nitrogens with zero attached hydrogens (tertiary/aromatic N) is 2. The van der Waals surface area contributed by atoms with Crippen LogP contribution >= 0.6 is 0 Å². The third kappa shape index (κ3) is 3.01. The zero-order valence-corrected chi connectivity index (χ0v) is 15.8. The molecule has 0 aromatic carbocycles. The van der Waals surface area contributed by atoms with Crippen LogP contribution in [0.5, 0.6) is 0 Å². The second kappa shape index (κ2) is 6.41. The van der Waals surface area contributed by atoms with Gasteiger partial charge in [0.25, 0.3) is 5.91 Å². The van der Waals surface area contributed by atoms with Crippen molar-refractivity contribution in [2.75, 3.05) is 19.0 Å². The molecular formula is C20H28N4O3. The minimum Gasteiger partial charge on any atom is -0.390 e. The Hall–Kier alpha value is -1.73. The zero-order valence-electron chi connectivity index (χ0n) is 15.8. The van der Waals surface area contributed by atoms with Gasteiger partial charge in [0, 0.05) is 25.9 Å². The standard InChI is InChI=1S/C20H28N4O3/c1-21-19-22-10-14(17(24-19)15-3-2-4-27-15)18(25)23-16-12-5-11-6-13(16)9-20(26,7-11)8-12/h10-13,15-16,26H,2-9H2,1H3,(H,23,25)(H,21,22,24)/t11?,12?,13?,15-,16?,20?/m1/s1. The molecule has 4 bridgehead atoms. The van der Waals surface area contributed by atoms with Gasteiger partial charge < -0.3 is 20.5 Å². The lowest BCUT2D eigenvalue weighted by molar-refractivity contribution is -0.136. The molecule has 5 aliphatic rings. The Labute approximate surface area is 159 Å². The average Bonchev–Trinajstić information content (AvgIpc) is 3.17. The largest absolute Gasteiger partial charge is 0.390 e. The van der Waals surface area contributed by atoms with Gasteiger partial charge in [-0.25, -0.2) is 9.97 Å². The van der Waals surface area contributed by atoms with Crippen molar-refractivity contribution in [2.45, 2.75) is 62.7 Å². The van der Waals surface area contributed by atoms with Gasteiger partial charge in [-0.15, -0.1) is 0 Å². The summed E-state index contributed by atoms with van der Waals surface area (Å²) in [4.78, 5) is 22.0. The molecule has 1 amide bonds. The summed E-state index contributed by atoms with van der Waals surface area (Å²) in [7, 11) is 1.77. The first-order chi connectivity index (χ1) is 13.0. The molecule has 0 spiro atoms. The maximum Gasteiger partial charge on any atom is 0.255 e. The van der Waals surface area contributed by atoms with E-state index >= 15 is 0 Å². The Balaban J connectivity index is 1.38.